The molecule has 9 heteroatoms. The molecular weight excluding hydrogens is 336 g/mol. The van der Waals surface area contributed by atoms with Crippen molar-refractivity contribution in [1.82, 2.24) is 19.5 Å². The second kappa shape index (κ2) is 7.95. The summed E-state index contributed by atoms with van der Waals surface area (Å²) < 4.78 is 12.5. The third-order valence-electron chi connectivity index (χ3n) is 4.84. The van der Waals surface area contributed by atoms with Crippen LogP contribution in [-0.2, 0) is 16.0 Å². The molecule has 0 amide bonds. The number of fused-ring (bicyclic) bond motifs is 1. The minimum atomic E-state index is -0.935. The first-order valence-electron chi connectivity index (χ1n) is 8.69. The van der Waals surface area contributed by atoms with E-state index in [2.05, 4.69) is 21.0 Å². The predicted octanol–water partition coefficient (Wildman–Crippen LogP) is 0.733. The molecule has 140 valence electrons. The maximum atomic E-state index is 10.8. The second-order valence-corrected chi connectivity index (χ2v) is 6.50. The number of aromatic nitrogens is 4. The monoisotopic (exact) mass is 360 g/mol. The Balaban J connectivity index is 1.91. The molecule has 26 heavy (non-hydrogen) atoms. The third kappa shape index (κ3) is 3.62. The number of methoxy groups -OCH3 is 1. The van der Waals surface area contributed by atoms with E-state index in [1.165, 1.54) is 6.33 Å². The average Bonchev–Trinajstić information content (AvgIpc) is 3.19. The van der Waals surface area contributed by atoms with Gasteiger partial charge in [0.05, 0.1) is 38.1 Å². The van der Waals surface area contributed by atoms with Crippen molar-refractivity contribution in [3.8, 4) is 6.07 Å². The van der Waals surface area contributed by atoms with Crippen molar-refractivity contribution in [2.75, 3.05) is 38.3 Å². The molecule has 0 saturated carbocycles. The van der Waals surface area contributed by atoms with E-state index in [4.69, 9.17) is 14.7 Å². The molecule has 2 aromatic heterocycles. The normalized spacial score (nSPS) is 22.6. The number of nitrogens with zero attached hydrogens (tertiary/aromatic N) is 6. The molecule has 1 aliphatic rings. The SMILES string of the molecule is COCCN(CCC#N)c1ncnc2c1ncn2CC1(O)CCOC1C. The fraction of sp³-hybridized carbons (Fsp3) is 0.647. The number of anilines is 1. The van der Waals surface area contributed by atoms with Gasteiger partial charge in [0.2, 0.25) is 0 Å². The van der Waals surface area contributed by atoms with Crippen molar-refractivity contribution in [1.29, 1.82) is 5.26 Å². The first-order chi connectivity index (χ1) is 12.6. The number of hydrogen-bond donors (Lipinski definition) is 1. The highest BCUT2D eigenvalue weighted by molar-refractivity contribution is 5.83. The fourth-order valence-electron chi connectivity index (χ4n) is 3.20. The summed E-state index contributed by atoms with van der Waals surface area (Å²) in [7, 11) is 1.64. The molecule has 0 aliphatic carbocycles. The van der Waals surface area contributed by atoms with Gasteiger partial charge >= 0.3 is 0 Å². The van der Waals surface area contributed by atoms with Gasteiger partial charge in [-0.3, -0.25) is 0 Å². The summed E-state index contributed by atoms with van der Waals surface area (Å²) in [4.78, 5) is 15.2. The van der Waals surface area contributed by atoms with Crippen LogP contribution in [0.3, 0.4) is 0 Å². The average molecular weight is 360 g/mol. The molecule has 0 bridgehead atoms. The molecule has 3 rings (SSSR count). The van der Waals surface area contributed by atoms with Crippen LogP contribution in [-0.4, -0.2) is 69.7 Å². The van der Waals surface area contributed by atoms with E-state index in [0.29, 0.717) is 62.7 Å². The quantitative estimate of drug-likeness (QED) is 0.734. The minimum absolute atomic E-state index is 0.241. The van der Waals surface area contributed by atoms with Crippen LogP contribution in [0.25, 0.3) is 11.2 Å². The summed E-state index contributed by atoms with van der Waals surface area (Å²) in [6.45, 7) is 4.44. The van der Waals surface area contributed by atoms with Crippen LogP contribution >= 0.6 is 0 Å². The van der Waals surface area contributed by atoms with Gasteiger partial charge in [0.25, 0.3) is 0 Å². The number of ether oxygens (including phenoxy) is 2. The molecular formula is C17H24N6O3. The Labute approximate surface area is 152 Å². The topological polar surface area (TPSA) is 109 Å². The van der Waals surface area contributed by atoms with Gasteiger partial charge in [0.1, 0.15) is 11.9 Å². The van der Waals surface area contributed by atoms with E-state index in [9.17, 15) is 5.11 Å². The molecule has 1 N–H and O–H groups in total. The molecule has 0 radical (unpaired) electrons. The van der Waals surface area contributed by atoms with Crippen LogP contribution in [0.15, 0.2) is 12.7 Å². The number of nitriles is 1. The zero-order chi connectivity index (χ0) is 18.6. The van der Waals surface area contributed by atoms with Crippen molar-refractivity contribution in [2.45, 2.75) is 38.0 Å². The Morgan fingerprint density at radius 3 is 3.00 bits per heavy atom. The van der Waals surface area contributed by atoms with Crippen molar-refractivity contribution in [2.24, 2.45) is 0 Å². The Hall–Kier alpha value is -2.28. The van der Waals surface area contributed by atoms with Gasteiger partial charge in [0, 0.05) is 33.2 Å². The molecule has 2 unspecified atom stereocenters. The number of hydrogen-bond acceptors (Lipinski definition) is 8. The van der Waals surface area contributed by atoms with E-state index in [1.807, 2.05) is 16.4 Å². The van der Waals surface area contributed by atoms with Crippen LogP contribution in [0.5, 0.6) is 0 Å². The highest BCUT2D eigenvalue weighted by atomic mass is 16.5. The van der Waals surface area contributed by atoms with Gasteiger partial charge in [-0.1, -0.05) is 0 Å². The Morgan fingerprint density at radius 1 is 1.46 bits per heavy atom. The molecule has 0 aromatic carbocycles. The van der Waals surface area contributed by atoms with E-state index in [0.717, 1.165) is 0 Å². The largest absolute Gasteiger partial charge is 0.385 e. The Bertz CT molecular complexity index is 788. The molecule has 3 heterocycles. The molecule has 1 saturated heterocycles. The van der Waals surface area contributed by atoms with E-state index >= 15 is 0 Å². The van der Waals surface area contributed by atoms with Crippen LogP contribution in [0.1, 0.15) is 19.8 Å². The predicted molar refractivity (Wildman–Crippen MR) is 94.6 cm³/mol. The molecule has 0 spiro atoms. The summed E-state index contributed by atoms with van der Waals surface area (Å²) in [6, 6.07) is 2.16. The van der Waals surface area contributed by atoms with Crippen molar-refractivity contribution < 1.29 is 14.6 Å². The maximum Gasteiger partial charge on any atom is 0.165 e. The first-order valence-corrected chi connectivity index (χ1v) is 8.69. The van der Waals surface area contributed by atoms with Crippen LogP contribution in [0, 0.1) is 11.3 Å². The van der Waals surface area contributed by atoms with Gasteiger partial charge in [0.15, 0.2) is 17.0 Å². The summed E-state index contributed by atoms with van der Waals surface area (Å²) in [5.41, 5.74) is 0.369. The second-order valence-electron chi connectivity index (χ2n) is 6.50. The van der Waals surface area contributed by atoms with Crippen LogP contribution in [0.2, 0.25) is 0 Å². The lowest BCUT2D eigenvalue weighted by molar-refractivity contribution is -0.0382. The zero-order valence-electron chi connectivity index (χ0n) is 15.1. The lowest BCUT2D eigenvalue weighted by atomic mass is 9.97. The standard InChI is InChI=1S/C17H24N6O3/c1-13-17(24,4-8-26-13)10-23-12-21-14-15(19-11-20-16(14)23)22(6-3-5-18)7-9-25-2/h11-13,24H,3-4,6-10H2,1-2H3. The van der Waals surface area contributed by atoms with Gasteiger partial charge in [-0.05, 0) is 6.92 Å². The van der Waals surface area contributed by atoms with Crippen LogP contribution in [0.4, 0.5) is 5.82 Å². The van der Waals surface area contributed by atoms with Gasteiger partial charge in [-0.25, -0.2) is 15.0 Å². The van der Waals surface area contributed by atoms with Crippen molar-refractivity contribution in [3.63, 3.8) is 0 Å². The molecule has 1 aliphatic heterocycles. The smallest absolute Gasteiger partial charge is 0.165 e. The summed E-state index contributed by atoms with van der Waals surface area (Å²) >= 11 is 0. The Morgan fingerprint density at radius 2 is 2.31 bits per heavy atom. The van der Waals surface area contributed by atoms with E-state index in [1.54, 1.807) is 13.4 Å². The van der Waals surface area contributed by atoms with E-state index in [-0.39, 0.29) is 6.10 Å². The van der Waals surface area contributed by atoms with E-state index < -0.39 is 5.60 Å². The Kier molecular flexibility index (Phi) is 5.66. The molecule has 2 atom stereocenters. The van der Waals surface area contributed by atoms with Gasteiger partial charge in [-0.15, -0.1) is 0 Å². The lowest BCUT2D eigenvalue weighted by Gasteiger charge is -2.26. The molecule has 9 nitrogen and oxygen atoms in total. The number of aliphatic hydroxyl groups is 1. The van der Waals surface area contributed by atoms with Crippen LogP contribution < -0.4 is 4.90 Å². The third-order valence-corrected chi connectivity index (χ3v) is 4.84. The summed E-state index contributed by atoms with van der Waals surface area (Å²) in [6.07, 6.45) is 3.87. The van der Waals surface area contributed by atoms with Gasteiger partial charge < -0.3 is 24.0 Å². The fourth-order valence-corrected chi connectivity index (χ4v) is 3.20. The number of rotatable bonds is 8. The summed E-state index contributed by atoms with van der Waals surface area (Å²) in [5, 5.41) is 19.7. The van der Waals surface area contributed by atoms with Gasteiger partial charge in [-0.2, -0.15) is 5.26 Å². The molecule has 2 aromatic rings. The highest BCUT2D eigenvalue weighted by Crippen LogP contribution is 2.29. The summed E-state index contributed by atoms with van der Waals surface area (Å²) in [5.74, 6) is 0.670. The minimum Gasteiger partial charge on any atom is -0.385 e. The van der Waals surface area contributed by atoms with Crippen molar-refractivity contribution >= 4 is 17.0 Å². The van der Waals surface area contributed by atoms with Crippen molar-refractivity contribution in [3.05, 3.63) is 12.7 Å². The number of imidazole rings is 1. The lowest BCUT2D eigenvalue weighted by Crippen LogP contribution is -2.40. The zero-order valence-corrected chi connectivity index (χ0v) is 15.1. The first kappa shape index (κ1) is 18.5. The maximum absolute atomic E-state index is 10.8. The highest BCUT2D eigenvalue weighted by Gasteiger charge is 2.40. The molecule has 1 fully saturated rings.